The number of carbonyl (C=O) groups is 3. The van der Waals surface area contributed by atoms with Crippen LogP contribution in [0.4, 0.5) is 0 Å². The van der Waals surface area contributed by atoms with Gasteiger partial charge in [-0.3, -0.25) is 9.59 Å². The van der Waals surface area contributed by atoms with Crippen molar-refractivity contribution in [2.45, 2.75) is 32.4 Å². The van der Waals surface area contributed by atoms with Crippen molar-refractivity contribution in [3.8, 4) is 0 Å². The highest BCUT2D eigenvalue weighted by molar-refractivity contribution is 5.89. The Kier molecular flexibility index (Phi) is 5.44. The molecule has 0 spiro atoms. The fraction of sp³-hybridized carbons (Fsp3) is 0.667. The molecule has 2 atom stereocenters. The third kappa shape index (κ3) is 4.74. The molecule has 16 heavy (non-hydrogen) atoms. The van der Waals surface area contributed by atoms with Crippen LogP contribution in [0.3, 0.4) is 0 Å². The second-order valence-electron chi connectivity index (χ2n) is 3.77. The molecule has 0 saturated heterocycles. The third-order valence-electron chi connectivity index (χ3n) is 1.96. The second-order valence-corrected chi connectivity index (χ2v) is 3.77. The molecule has 92 valence electrons. The number of rotatable bonds is 6. The number of carboxylic acids is 2. The highest BCUT2D eigenvalue weighted by atomic mass is 16.4. The number of hydrogen-bond donors (Lipinski definition) is 4. The van der Waals surface area contributed by atoms with E-state index in [9.17, 15) is 14.4 Å². The zero-order valence-corrected chi connectivity index (χ0v) is 9.14. The molecule has 0 bridgehead atoms. The summed E-state index contributed by atoms with van der Waals surface area (Å²) in [6, 6.07) is -2.30. The zero-order valence-electron chi connectivity index (χ0n) is 9.14. The molecule has 5 N–H and O–H groups in total. The van der Waals surface area contributed by atoms with Crippen LogP contribution in [0.2, 0.25) is 0 Å². The molecule has 0 aromatic carbocycles. The van der Waals surface area contributed by atoms with E-state index < -0.39 is 36.4 Å². The Labute approximate surface area is 92.6 Å². The molecule has 0 rings (SSSR count). The lowest BCUT2D eigenvalue weighted by Crippen LogP contribution is -2.51. The predicted molar refractivity (Wildman–Crippen MR) is 54.6 cm³/mol. The Bertz CT molecular complexity index is 290. The average molecular weight is 232 g/mol. The fourth-order valence-electron chi connectivity index (χ4n) is 1.05. The fourth-order valence-corrected chi connectivity index (χ4v) is 1.05. The molecule has 0 fully saturated rings. The first kappa shape index (κ1) is 14.4. The van der Waals surface area contributed by atoms with Gasteiger partial charge in [0.1, 0.15) is 6.04 Å². The van der Waals surface area contributed by atoms with Crippen LogP contribution in [0, 0.1) is 5.92 Å². The first-order valence-corrected chi connectivity index (χ1v) is 4.76. The van der Waals surface area contributed by atoms with Crippen LogP contribution in [0.5, 0.6) is 0 Å². The molecule has 0 aliphatic rings. The summed E-state index contributed by atoms with van der Waals surface area (Å²) in [5.41, 5.74) is 5.28. The number of hydrogen-bond acceptors (Lipinski definition) is 4. The van der Waals surface area contributed by atoms with Gasteiger partial charge in [-0.25, -0.2) is 4.79 Å². The van der Waals surface area contributed by atoms with Gasteiger partial charge in [0.05, 0.1) is 12.5 Å². The highest BCUT2D eigenvalue weighted by Crippen LogP contribution is 2.02. The molecule has 0 saturated carbocycles. The Hall–Kier alpha value is -1.63. The van der Waals surface area contributed by atoms with Gasteiger partial charge in [-0.2, -0.15) is 0 Å². The van der Waals surface area contributed by atoms with Gasteiger partial charge in [0.2, 0.25) is 5.91 Å². The van der Waals surface area contributed by atoms with Crippen LogP contribution in [-0.4, -0.2) is 40.1 Å². The van der Waals surface area contributed by atoms with Gasteiger partial charge in [0.15, 0.2) is 0 Å². The standard InChI is InChI=1S/C9H16N2O5/c1-4(2)7(9(15)16)11-8(14)5(10)3-6(12)13/h4-5,7H,3,10H2,1-2H3,(H,11,14)(H,12,13)(H,15,16)/t5-,7?/m0/s1. The Morgan fingerprint density at radius 3 is 2.06 bits per heavy atom. The second kappa shape index (κ2) is 6.06. The highest BCUT2D eigenvalue weighted by Gasteiger charge is 2.26. The lowest BCUT2D eigenvalue weighted by atomic mass is 10.0. The molecule has 0 aliphatic heterocycles. The van der Waals surface area contributed by atoms with Gasteiger partial charge >= 0.3 is 11.9 Å². The molecule has 0 aromatic heterocycles. The van der Waals surface area contributed by atoms with E-state index >= 15 is 0 Å². The number of carbonyl (C=O) groups excluding carboxylic acids is 1. The van der Waals surface area contributed by atoms with Gasteiger partial charge < -0.3 is 21.3 Å². The number of nitrogens with one attached hydrogen (secondary N) is 1. The monoisotopic (exact) mass is 232 g/mol. The van der Waals surface area contributed by atoms with Crippen molar-refractivity contribution in [1.82, 2.24) is 5.32 Å². The summed E-state index contributed by atoms with van der Waals surface area (Å²) in [7, 11) is 0. The summed E-state index contributed by atoms with van der Waals surface area (Å²) >= 11 is 0. The average Bonchev–Trinajstić information content (AvgIpc) is 2.11. The number of amides is 1. The SMILES string of the molecule is CC(C)C(NC(=O)[C@@H](N)CC(=O)O)C(=O)O. The van der Waals surface area contributed by atoms with Crippen molar-refractivity contribution in [3.63, 3.8) is 0 Å². The van der Waals surface area contributed by atoms with Gasteiger partial charge in [-0.15, -0.1) is 0 Å². The summed E-state index contributed by atoms with van der Waals surface area (Å²) in [4.78, 5) is 32.4. The van der Waals surface area contributed by atoms with Crippen LogP contribution < -0.4 is 11.1 Å². The van der Waals surface area contributed by atoms with Crippen LogP contribution in [-0.2, 0) is 14.4 Å². The molecule has 0 aromatic rings. The quantitative estimate of drug-likeness (QED) is 0.465. The van der Waals surface area contributed by atoms with Crippen LogP contribution in [0.15, 0.2) is 0 Å². The Morgan fingerprint density at radius 1 is 1.25 bits per heavy atom. The minimum atomic E-state index is -1.24. The van der Waals surface area contributed by atoms with Crippen LogP contribution in [0.1, 0.15) is 20.3 Å². The molecule has 1 unspecified atom stereocenters. The summed E-state index contributed by atoms with van der Waals surface area (Å²) in [5.74, 6) is -3.47. The Balaban J connectivity index is 4.40. The van der Waals surface area contributed by atoms with E-state index in [1.807, 2.05) is 0 Å². The van der Waals surface area contributed by atoms with E-state index in [-0.39, 0.29) is 5.92 Å². The van der Waals surface area contributed by atoms with Crippen molar-refractivity contribution < 1.29 is 24.6 Å². The summed E-state index contributed by atoms with van der Waals surface area (Å²) < 4.78 is 0. The van der Waals surface area contributed by atoms with Crippen molar-refractivity contribution >= 4 is 17.8 Å². The maximum absolute atomic E-state index is 11.3. The van der Waals surface area contributed by atoms with Crippen molar-refractivity contribution in [3.05, 3.63) is 0 Å². The van der Waals surface area contributed by atoms with Crippen molar-refractivity contribution in [2.75, 3.05) is 0 Å². The summed E-state index contributed by atoms with van der Waals surface area (Å²) in [6.45, 7) is 3.25. The van der Waals surface area contributed by atoms with E-state index in [1.165, 1.54) is 0 Å². The molecule has 0 aliphatic carbocycles. The minimum Gasteiger partial charge on any atom is -0.481 e. The normalized spacial score (nSPS) is 14.2. The van der Waals surface area contributed by atoms with E-state index in [0.717, 1.165) is 0 Å². The summed E-state index contributed by atoms with van der Waals surface area (Å²) in [6.07, 6.45) is -0.531. The molecule has 0 heterocycles. The van der Waals surface area contributed by atoms with Gasteiger partial charge in [0, 0.05) is 0 Å². The molecule has 7 heteroatoms. The molecular weight excluding hydrogens is 216 g/mol. The van der Waals surface area contributed by atoms with E-state index in [4.69, 9.17) is 15.9 Å². The zero-order chi connectivity index (χ0) is 12.9. The minimum absolute atomic E-state index is 0.307. The number of aliphatic carboxylic acids is 2. The van der Waals surface area contributed by atoms with E-state index in [2.05, 4.69) is 5.32 Å². The Morgan fingerprint density at radius 2 is 1.75 bits per heavy atom. The predicted octanol–water partition coefficient (Wildman–Crippen LogP) is -0.986. The van der Waals surface area contributed by atoms with Crippen LogP contribution in [0.25, 0.3) is 0 Å². The third-order valence-corrected chi connectivity index (χ3v) is 1.96. The maximum atomic E-state index is 11.3. The van der Waals surface area contributed by atoms with Crippen LogP contribution >= 0.6 is 0 Å². The lowest BCUT2D eigenvalue weighted by molar-refractivity contribution is -0.143. The van der Waals surface area contributed by atoms with Gasteiger partial charge in [0.25, 0.3) is 0 Å². The maximum Gasteiger partial charge on any atom is 0.326 e. The lowest BCUT2D eigenvalue weighted by Gasteiger charge is -2.19. The van der Waals surface area contributed by atoms with Gasteiger partial charge in [-0.1, -0.05) is 13.8 Å². The smallest absolute Gasteiger partial charge is 0.326 e. The molecule has 0 radical (unpaired) electrons. The van der Waals surface area contributed by atoms with Crippen molar-refractivity contribution in [2.24, 2.45) is 11.7 Å². The number of carboxylic acid groups (broad SMARTS) is 2. The van der Waals surface area contributed by atoms with E-state index in [0.29, 0.717) is 0 Å². The summed E-state index contributed by atoms with van der Waals surface area (Å²) in [5, 5.41) is 19.4. The molecule has 7 nitrogen and oxygen atoms in total. The van der Waals surface area contributed by atoms with Crippen molar-refractivity contribution in [1.29, 1.82) is 0 Å². The van der Waals surface area contributed by atoms with Gasteiger partial charge in [-0.05, 0) is 5.92 Å². The topological polar surface area (TPSA) is 130 Å². The molecule has 1 amide bonds. The first-order chi connectivity index (χ1) is 7.25. The molecular formula is C9H16N2O5. The largest absolute Gasteiger partial charge is 0.481 e. The number of nitrogens with two attached hydrogens (primary N) is 1. The van der Waals surface area contributed by atoms with E-state index in [1.54, 1.807) is 13.8 Å². The first-order valence-electron chi connectivity index (χ1n) is 4.76.